The van der Waals surface area contributed by atoms with Gasteiger partial charge in [0.05, 0.1) is 0 Å². The van der Waals surface area contributed by atoms with Crippen molar-refractivity contribution in [2.75, 3.05) is 0 Å². The minimum absolute atomic E-state index is 0.142. The summed E-state index contributed by atoms with van der Waals surface area (Å²) in [5.41, 5.74) is 5.39. The molecular formula is C34H48O2. The molecule has 0 radical (unpaired) electrons. The number of rotatable bonds is 14. The van der Waals surface area contributed by atoms with Crippen LogP contribution in [0.2, 0.25) is 0 Å². The van der Waals surface area contributed by atoms with Crippen LogP contribution >= 0.6 is 0 Å². The lowest BCUT2D eigenvalue weighted by Gasteiger charge is -2.30. The predicted octanol–water partition coefficient (Wildman–Crippen LogP) is 9.22. The van der Waals surface area contributed by atoms with E-state index in [1.807, 2.05) is 12.1 Å². The first kappa shape index (κ1) is 28.4. The zero-order valence-corrected chi connectivity index (χ0v) is 23.7. The normalized spacial score (nSPS) is 14.2. The Kier molecular flexibility index (Phi) is 9.72. The molecule has 2 aromatic rings. The molecule has 2 aromatic carbocycles. The Morgan fingerprint density at radius 1 is 0.806 bits per heavy atom. The van der Waals surface area contributed by atoms with Gasteiger partial charge in [-0.1, -0.05) is 104 Å². The van der Waals surface area contributed by atoms with Crippen LogP contribution in [0.4, 0.5) is 0 Å². The van der Waals surface area contributed by atoms with Gasteiger partial charge >= 0.3 is 0 Å². The van der Waals surface area contributed by atoms with Crippen LogP contribution in [0.15, 0.2) is 42.5 Å². The van der Waals surface area contributed by atoms with Gasteiger partial charge in [0.15, 0.2) is 11.6 Å². The molecule has 2 nitrogen and oxygen atoms in total. The first-order chi connectivity index (χ1) is 17.0. The van der Waals surface area contributed by atoms with Gasteiger partial charge in [-0.05, 0) is 71.6 Å². The minimum atomic E-state index is 0.142. The van der Waals surface area contributed by atoms with Crippen LogP contribution in [0, 0.1) is 16.7 Å². The summed E-state index contributed by atoms with van der Waals surface area (Å²) in [6.07, 6.45) is 11.0. The van der Waals surface area contributed by atoms with E-state index < -0.39 is 0 Å². The highest BCUT2D eigenvalue weighted by Crippen LogP contribution is 2.36. The maximum atomic E-state index is 13.6. The van der Waals surface area contributed by atoms with E-state index in [0.29, 0.717) is 12.8 Å². The van der Waals surface area contributed by atoms with Gasteiger partial charge in [-0.25, -0.2) is 0 Å². The third-order valence-corrected chi connectivity index (χ3v) is 7.65. The standard InChI is InChI=1S/C34H48O2/c1-7-19-34(6,20-8-2)24-29-22-28(31(35)18-15-25-9-10-25)16-17-30(29)32(36)21-26-11-13-27(14-12-26)23-33(3,4)5/h11-14,16-17,22,25H,7-10,15,18-21,23-24H2,1-6H3. The van der Waals surface area contributed by atoms with Crippen molar-refractivity contribution in [3.05, 3.63) is 70.3 Å². The third kappa shape index (κ3) is 8.71. The lowest BCUT2D eigenvalue weighted by Crippen LogP contribution is -2.22. The number of carbonyl (C=O) groups is 2. The van der Waals surface area contributed by atoms with E-state index >= 15 is 0 Å². The summed E-state index contributed by atoms with van der Waals surface area (Å²) < 4.78 is 0. The number of hydrogen-bond acceptors (Lipinski definition) is 2. The Labute approximate surface area is 220 Å². The quantitative estimate of drug-likeness (QED) is 0.248. The highest BCUT2D eigenvalue weighted by atomic mass is 16.1. The summed E-state index contributed by atoms with van der Waals surface area (Å²) in [6, 6.07) is 14.4. The molecule has 1 aliphatic rings. The number of hydrogen-bond donors (Lipinski definition) is 0. The van der Waals surface area contributed by atoms with Crippen molar-refractivity contribution in [1.82, 2.24) is 0 Å². The molecule has 196 valence electrons. The van der Waals surface area contributed by atoms with Crippen LogP contribution < -0.4 is 0 Å². The van der Waals surface area contributed by atoms with Crippen LogP contribution in [0.3, 0.4) is 0 Å². The molecule has 0 saturated heterocycles. The number of carbonyl (C=O) groups excluding carboxylic acids is 2. The van der Waals surface area contributed by atoms with Crippen molar-refractivity contribution in [3.63, 3.8) is 0 Å². The summed E-state index contributed by atoms with van der Waals surface area (Å²) in [5, 5.41) is 0. The summed E-state index contributed by atoms with van der Waals surface area (Å²) in [6.45, 7) is 13.6. The van der Waals surface area contributed by atoms with Gasteiger partial charge < -0.3 is 0 Å². The molecule has 0 aromatic heterocycles. The second-order valence-corrected chi connectivity index (χ2v) is 12.9. The summed E-state index contributed by atoms with van der Waals surface area (Å²) in [5.74, 6) is 1.13. The van der Waals surface area contributed by atoms with Crippen LogP contribution in [0.25, 0.3) is 0 Å². The van der Waals surface area contributed by atoms with Gasteiger partial charge in [0.1, 0.15) is 0 Å². The average Bonchev–Trinajstić information content (AvgIpc) is 3.62. The third-order valence-electron chi connectivity index (χ3n) is 7.65. The molecule has 36 heavy (non-hydrogen) atoms. The Balaban J connectivity index is 1.84. The fraction of sp³-hybridized carbons (Fsp3) is 0.588. The minimum Gasteiger partial charge on any atom is -0.294 e. The Morgan fingerprint density at radius 3 is 1.97 bits per heavy atom. The zero-order chi connectivity index (χ0) is 26.3. The molecule has 2 heteroatoms. The molecule has 1 saturated carbocycles. The number of ketones is 2. The van der Waals surface area contributed by atoms with Crippen molar-refractivity contribution in [1.29, 1.82) is 0 Å². The SMILES string of the molecule is CCCC(C)(CCC)Cc1cc(C(=O)CCC2CC2)ccc1C(=O)Cc1ccc(CC(C)(C)C)cc1. The largest absolute Gasteiger partial charge is 0.294 e. The summed E-state index contributed by atoms with van der Waals surface area (Å²) >= 11 is 0. The molecule has 0 N–H and O–H groups in total. The second kappa shape index (κ2) is 12.3. The van der Waals surface area contributed by atoms with Gasteiger partial charge in [0, 0.05) is 24.0 Å². The van der Waals surface area contributed by atoms with Crippen molar-refractivity contribution < 1.29 is 9.59 Å². The predicted molar refractivity (Wildman–Crippen MR) is 152 cm³/mol. The molecule has 0 aliphatic heterocycles. The molecule has 1 fully saturated rings. The topological polar surface area (TPSA) is 34.1 Å². The van der Waals surface area contributed by atoms with E-state index in [9.17, 15) is 9.59 Å². The van der Waals surface area contributed by atoms with E-state index in [1.54, 1.807) is 0 Å². The van der Waals surface area contributed by atoms with Crippen molar-refractivity contribution in [2.24, 2.45) is 16.7 Å². The molecule has 3 rings (SSSR count). The average molecular weight is 489 g/mol. The molecule has 0 bridgehead atoms. The highest BCUT2D eigenvalue weighted by molar-refractivity contribution is 6.01. The number of Topliss-reactive ketones (excluding diaryl/α,β-unsaturated/α-hetero) is 2. The molecule has 0 heterocycles. The maximum Gasteiger partial charge on any atom is 0.167 e. The first-order valence-electron chi connectivity index (χ1n) is 14.3. The number of benzene rings is 2. The van der Waals surface area contributed by atoms with E-state index in [0.717, 1.165) is 73.1 Å². The smallest absolute Gasteiger partial charge is 0.167 e. The second-order valence-electron chi connectivity index (χ2n) is 12.9. The van der Waals surface area contributed by atoms with E-state index in [4.69, 9.17) is 0 Å². The Hall–Kier alpha value is -2.22. The molecule has 0 amide bonds. The van der Waals surface area contributed by atoms with Gasteiger partial charge in [-0.3, -0.25) is 9.59 Å². The summed E-state index contributed by atoms with van der Waals surface area (Å²) in [7, 11) is 0. The van der Waals surface area contributed by atoms with Crippen LogP contribution in [-0.2, 0) is 19.3 Å². The molecule has 0 spiro atoms. The van der Waals surface area contributed by atoms with Crippen LogP contribution in [-0.4, -0.2) is 11.6 Å². The van der Waals surface area contributed by atoms with Gasteiger partial charge in [0.2, 0.25) is 0 Å². The van der Waals surface area contributed by atoms with E-state index in [1.165, 1.54) is 18.4 Å². The van der Waals surface area contributed by atoms with Crippen LogP contribution in [0.5, 0.6) is 0 Å². The molecular weight excluding hydrogens is 440 g/mol. The zero-order valence-electron chi connectivity index (χ0n) is 23.7. The monoisotopic (exact) mass is 488 g/mol. The van der Waals surface area contributed by atoms with Crippen LogP contribution in [0.1, 0.15) is 130 Å². The Morgan fingerprint density at radius 2 is 1.42 bits per heavy atom. The maximum absolute atomic E-state index is 13.6. The van der Waals surface area contributed by atoms with E-state index in [2.05, 4.69) is 71.9 Å². The highest BCUT2D eigenvalue weighted by Gasteiger charge is 2.27. The Bertz CT molecular complexity index is 1010. The fourth-order valence-corrected chi connectivity index (χ4v) is 5.71. The van der Waals surface area contributed by atoms with Crippen molar-refractivity contribution in [3.8, 4) is 0 Å². The van der Waals surface area contributed by atoms with Gasteiger partial charge in [0.25, 0.3) is 0 Å². The van der Waals surface area contributed by atoms with Crippen molar-refractivity contribution in [2.45, 2.75) is 112 Å². The molecule has 0 unspecified atom stereocenters. The molecule has 1 aliphatic carbocycles. The lowest BCUT2D eigenvalue weighted by atomic mass is 9.75. The molecule has 0 atom stereocenters. The lowest BCUT2D eigenvalue weighted by molar-refractivity contribution is 0.0970. The first-order valence-corrected chi connectivity index (χ1v) is 14.3. The van der Waals surface area contributed by atoms with Crippen molar-refractivity contribution >= 4 is 11.6 Å². The van der Waals surface area contributed by atoms with Gasteiger partial charge in [-0.2, -0.15) is 0 Å². The summed E-state index contributed by atoms with van der Waals surface area (Å²) in [4.78, 5) is 26.5. The fourth-order valence-electron chi connectivity index (χ4n) is 5.71. The van der Waals surface area contributed by atoms with Gasteiger partial charge in [-0.15, -0.1) is 0 Å². The van der Waals surface area contributed by atoms with E-state index in [-0.39, 0.29) is 22.4 Å².